The van der Waals surface area contributed by atoms with Gasteiger partial charge in [-0.2, -0.15) is 5.10 Å². The number of ether oxygens (including phenoxy) is 1. The Kier molecular flexibility index (Phi) is 9.71. The number of morpholine rings is 1. The molecular formula is C18H30IN7O2. The van der Waals surface area contributed by atoms with E-state index in [1.807, 2.05) is 12.1 Å². The third-order valence-electron chi connectivity index (χ3n) is 4.45. The number of halogens is 1. The molecule has 156 valence electrons. The summed E-state index contributed by atoms with van der Waals surface area (Å²) in [6, 6.07) is 4.07. The summed E-state index contributed by atoms with van der Waals surface area (Å²) in [6.45, 7) is 10.1. The molecule has 0 aromatic carbocycles. The Morgan fingerprint density at radius 2 is 2.18 bits per heavy atom. The summed E-state index contributed by atoms with van der Waals surface area (Å²) in [5.74, 6) is 2.88. The summed E-state index contributed by atoms with van der Waals surface area (Å²) in [5, 5.41) is 13.8. The Hall–Kier alpha value is -1.66. The number of aliphatic imine (C=N–C) groups is 1. The van der Waals surface area contributed by atoms with Gasteiger partial charge in [0, 0.05) is 38.6 Å². The minimum atomic E-state index is 0. The van der Waals surface area contributed by atoms with Gasteiger partial charge in [-0.15, -0.1) is 24.0 Å². The molecule has 0 saturated carbocycles. The highest BCUT2D eigenvalue weighted by Crippen LogP contribution is 2.14. The van der Waals surface area contributed by atoms with Crippen molar-refractivity contribution >= 4 is 29.9 Å². The smallest absolute Gasteiger partial charge is 0.216 e. The van der Waals surface area contributed by atoms with Gasteiger partial charge in [-0.3, -0.25) is 15.0 Å². The van der Waals surface area contributed by atoms with Gasteiger partial charge in [0.15, 0.2) is 11.7 Å². The maximum atomic E-state index is 5.41. The molecule has 3 rings (SSSR count). The van der Waals surface area contributed by atoms with E-state index in [1.54, 1.807) is 6.26 Å². The minimum absolute atomic E-state index is 0. The number of nitrogens with one attached hydrogen (secondary N) is 3. The van der Waals surface area contributed by atoms with Crippen LogP contribution in [0.25, 0.3) is 11.6 Å². The van der Waals surface area contributed by atoms with E-state index in [1.165, 1.54) is 0 Å². The second kappa shape index (κ2) is 12.0. The van der Waals surface area contributed by atoms with E-state index in [-0.39, 0.29) is 24.0 Å². The predicted molar refractivity (Wildman–Crippen MR) is 119 cm³/mol. The summed E-state index contributed by atoms with van der Waals surface area (Å²) in [6.07, 6.45) is 2.33. The molecule has 0 spiro atoms. The van der Waals surface area contributed by atoms with Crippen molar-refractivity contribution in [2.45, 2.75) is 26.3 Å². The molecule has 2 aromatic rings. The zero-order valence-corrected chi connectivity index (χ0v) is 18.8. The maximum Gasteiger partial charge on any atom is 0.216 e. The lowest BCUT2D eigenvalue weighted by Crippen LogP contribution is -2.44. The van der Waals surface area contributed by atoms with E-state index in [0.29, 0.717) is 24.2 Å². The van der Waals surface area contributed by atoms with Crippen molar-refractivity contribution in [3.05, 3.63) is 24.2 Å². The molecule has 10 heteroatoms. The number of furan rings is 1. The van der Waals surface area contributed by atoms with Gasteiger partial charge in [0.1, 0.15) is 5.82 Å². The number of hydrogen-bond acceptors (Lipinski definition) is 6. The predicted octanol–water partition coefficient (Wildman–Crippen LogP) is 1.50. The first kappa shape index (κ1) is 22.6. The fraction of sp³-hybridized carbons (Fsp3) is 0.611. The number of aromatic nitrogens is 3. The van der Waals surface area contributed by atoms with E-state index in [9.17, 15) is 0 Å². The first-order valence-corrected chi connectivity index (χ1v) is 9.55. The van der Waals surface area contributed by atoms with Crippen LogP contribution in [0.15, 0.2) is 27.8 Å². The number of H-pyrrole nitrogens is 1. The summed E-state index contributed by atoms with van der Waals surface area (Å²) in [7, 11) is 0. The van der Waals surface area contributed by atoms with Crippen LogP contribution in [0.2, 0.25) is 0 Å². The number of nitrogens with zero attached hydrogens (tertiary/aromatic N) is 4. The lowest BCUT2D eigenvalue weighted by Gasteiger charge is -2.31. The Morgan fingerprint density at radius 3 is 2.89 bits per heavy atom. The number of guanidine groups is 1. The van der Waals surface area contributed by atoms with Crippen molar-refractivity contribution in [3.63, 3.8) is 0 Å². The van der Waals surface area contributed by atoms with Gasteiger partial charge in [0.2, 0.25) is 5.82 Å². The van der Waals surface area contributed by atoms with E-state index < -0.39 is 0 Å². The molecule has 1 unspecified atom stereocenters. The second-order valence-corrected chi connectivity index (χ2v) is 6.48. The standard InChI is InChI=1S/C18H29N7O2.HI/c1-3-19-18(21-13-14(2)25-8-11-26-12-9-25)20-7-6-16-22-17(24-23-16)15-5-4-10-27-15;/h4-5,10,14H,3,6-9,11-13H2,1-2H3,(H2,19,20,21)(H,22,23,24);1H. The van der Waals surface area contributed by atoms with Crippen molar-refractivity contribution in [1.29, 1.82) is 0 Å². The third-order valence-corrected chi connectivity index (χ3v) is 4.45. The lowest BCUT2D eigenvalue weighted by molar-refractivity contribution is 0.0220. The largest absolute Gasteiger partial charge is 0.461 e. The van der Waals surface area contributed by atoms with Crippen LogP contribution < -0.4 is 10.6 Å². The molecule has 0 radical (unpaired) electrons. The number of rotatable bonds is 8. The fourth-order valence-corrected chi connectivity index (χ4v) is 2.92. The molecule has 9 nitrogen and oxygen atoms in total. The van der Waals surface area contributed by atoms with Gasteiger partial charge in [-0.1, -0.05) is 0 Å². The van der Waals surface area contributed by atoms with Crippen LogP contribution in [0, 0.1) is 0 Å². The summed E-state index contributed by atoms with van der Waals surface area (Å²) in [5.41, 5.74) is 0. The Bertz CT molecular complexity index is 699. The number of hydrogen-bond donors (Lipinski definition) is 3. The van der Waals surface area contributed by atoms with Crippen LogP contribution in [-0.4, -0.2) is 78.0 Å². The van der Waals surface area contributed by atoms with Crippen molar-refractivity contribution in [1.82, 2.24) is 30.7 Å². The zero-order chi connectivity index (χ0) is 18.9. The van der Waals surface area contributed by atoms with E-state index in [2.05, 4.69) is 44.6 Å². The highest BCUT2D eigenvalue weighted by atomic mass is 127. The van der Waals surface area contributed by atoms with Gasteiger partial charge < -0.3 is 19.8 Å². The van der Waals surface area contributed by atoms with Gasteiger partial charge in [0.25, 0.3) is 0 Å². The Labute approximate surface area is 182 Å². The monoisotopic (exact) mass is 503 g/mol. The van der Waals surface area contributed by atoms with Gasteiger partial charge in [-0.25, -0.2) is 4.98 Å². The van der Waals surface area contributed by atoms with Crippen LogP contribution in [0.5, 0.6) is 0 Å². The second-order valence-electron chi connectivity index (χ2n) is 6.48. The Morgan fingerprint density at radius 1 is 1.36 bits per heavy atom. The van der Waals surface area contributed by atoms with Crippen molar-refractivity contribution in [3.8, 4) is 11.6 Å². The van der Waals surface area contributed by atoms with Crippen molar-refractivity contribution in [2.24, 2.45) is 4.99 Å². The van der Waals surface area contributed by atoms with Gasteiger partial charge in [-0.05, 0) is 26.0 Å². The van der Waals surface area contributed by atoms with Crippen molar-refractivity contribution in [2.75, 3.05) is 45.9 Å². The third kappa shape index (κ3) is 6.74. The quantitative estimate of drug-likeness (QED) is 0.285. The molecule has 28 heavy (non-hydrogen) atoms. The maximum absolute atomic E-state index is 5.41. The van der Waals surface area contributed by atoms with Crippen LogP contribution in [0.4, 0.5) is 0 Å². The molecule has 2 aromatic heterocycles. The van der Waals surface area contributed by atoms with Crippen molar-refractivity contribution < 1.29 is 9.15 Å². The van der Waals surface area contributed by atoms with E-state index in [4.69, 9.17) is 14.1 Å². The number of aromatic amines is 1. The fourth-order valence-electron chi connectivity index (χ4n) is 2.92. The Balaban J connectivity index is 0.00000280. The zero-order valence-electron chi connectivity index (χ0n) is 16.5. The normalized spacial score (nSPS) is 16.4. The molecule has 1 aliphatic heterocycles. The first-order valence-electron chi connectivity index (χ1n) is 9.55. The van der Waals surface area contributed by atoms with Crippen LogP contribution >= 0.6 is 24.0 Å². The lowest BCUT2D eigenvalue weighted by atomic mass is 10.2. The molecule has 1 saturated heterocycles. The van der Waals surface area contributed by atoms with Gasteiger partial charge >= 0.3 is 0 Å². The molecule has 3 N–H and O–H groups in total. The summed E-state index contributed by atoms with van der Waals surface area (Å²) >= 11 is 0. The molecule has 1 atom stereocenters. The molecule has 1 aliphatic rings. The first-order chi connectivity index (χ1) is 13.3. The van der Waals surface area contributed by atoms with Crippen LogP contribution in [-0.2, 0) is 11.2 Å². The summed E-state index contributed by atoms with van der Waals surface area (Å²) in [4.78, 5) is 11.6. The molecule has 3 heterocycles. The van der Waals surface area contributed by atoms with Crippen LogP contribution in [0.1, 0.15) is 19.7 Å². The highest BCUT2D eigenvalue weighted by Gasteiger charge is 2.16. The molecular weight excluding hydrogens is 473 g/mol. The average molecular weight is 503 g/mol. The molecule has 0 amide bonds. The SMILES string of the molecule is CCNC(=NCC(C)N1CCOCC1)NCCc1nc(-c2ccco2)n[nH]1.I. The average Bonchev–Trinajstić information content (AvgIpc) is 3.38. The van der Waals surface area contributed by atoms with Crippen LogP contribution in [0.3, 0.4) is 0 Å². The van der Waals surface area contributed by atoms with E-state index in [0.717, 1.165) is 57.6 Å². The minimum Gasteiger partial charge on any atom is -0.461 e. The van der Waals surface area contributed by atoms with E-state index >= 15 is 0 Å². The van der Waals surface area contributed by atoms with Gasteiger partial charge in [0.05, 0.1) is 26.0 Å². The molecule has 1 fully saturated rings. The summed E-state index contributed by atoms with van der Waals surface area (Å²) < 4.78 is 10.7. The molecule has 0 aliphatic carbocycles. The molecule has 0 bridgehead atoms. The topological polar surface area (TPSA) is 104 Å². The highest BCUT2D eigenvalue weighted by molar-refractivity contribution is 14.0.